The highest BCUT2D eigenvalue weighted by Gasteiger charge is 2.58. The average molecular weight is 782 g/mol. The number of rotatable bonds is 15. The maximum atomic E-state index is 13.2. The fourth-order valence-corrected chi connectivity index (χ4v) is 4.96. The summed E-state index contributed by atoms with van der Waals surface area (Å²) in [7, 11) is -5.02. The highest BCUT2D eigenvalue weighted by molar-refractivity contribution is 7.80. The van der Waals surface area contributed by atoms with Gasteiger partial charge in [-0.25, -0.2) is 14.6 Å². The smallest absolute Gasteiger partial charge is 0.487 e. The van der Waals surface area contributed by atoms with Crippen LogP contribution in [-0.2, 0) is 45.2 Å². The van der Waals surface area contributed by atoms with Gasteiger partial charge in [0.15, 0.2) is 10.8 Å². The zero-order valence-corrected chi connectivity index (χ0v) is 28.4. The number of amides is 2. The first kappa shape index (κ1) is 41.0. The molecule has 1 aliphatic heterocycles. The molecule has 1 fully saturated rings. The molecule has 2 amide bonds. The van der Waals surface area contributed by atoms with E-state index in [1.165, 1.54) is 25.4 Å². The van der Waals surface area contributed by atoms with E-state index in [1.54, 1.807) is 23.0 Å². The van der Waals surface area contributed by atoms with E-state index in [9.17, 15) is 41.1 Å². The topological polar surface area (TPSA) is 314 Å². The number of hydrogen-bond donors (Lipinski definition) is 6. The number of carbonyl (C=O) groups is 4. The highest BCUT2D eigenvalue weighted by atomic mass is 32.3. The summed E-state index contributed by atoms with van der Waals surface area (Å²) in [6.45, 7) is 3.37. The van der Waals surface area contributed by atoms with Gasteiger partial charge in [-0.1, -0.05) is 5.16 Å². The lowest BCUT2D eigenvalue weighted by Crippen LogP contribution is -2.76. The van der Waals surface area contributed by atoms with Crippen molar-refractivity contribution in [3.63, 3.8) is 0 Å². The number of aryl methyl sites for hydroxylation is 1. The van der Waals surface area contributed by atoms with Crippen LogP contribution in [0.5, 0.6) is 5.75 Å². The number of aliphatic carboxylic acids is 2. The Labute approximate surface area is 294 Å². The number of nitrogens with one attached hydrogen (secondary N) is 1. The van der Waals surface area contributed by atoms with Crippen LogP contribution >= 0.6 is 11.3 Å². The molecule has 3 aromatic rings. The number of alkyl halides is 3. The van der Waals surface area contributed by atoms with Gasteiger partial charge in [0.1, 0.15) is 24.1 Å². The third-order valence-electron chi connectivity index (χ3n) is 6.55. The lowest BCUT2D eigenvalue weighted by atomic mass is 9.84. The first-order chi connectivity index (χ1) is 24.1. The molecule has 4 rings (SSSR count). The Hall–Kier alpha value is -5.44. The van der Waals surface area contributed by atoms with Gasteiger partial charge < -0.3 is 36.6 Å². The van der Waals surface area contributed by atoms with E-state index in [4.69, 9.17) is 35.5 Å². The summed E-state index contributed by atoms with van der Waals surface area (Å²) in [6.07, 6.45) is -1.16. The van der Waals surface area contributed by atoms with Crippen molar-refractivity contribution in [2.24, 2.45) is 10.9 Å². The standard InChI is InChI=1S/C24H29N9O10S2.C2HF3O2/c1-24(2)19(21(35)33(24)43-45(38,39)40)30-20(34)18(16-12-44-23(26)29-16)31-42-17(22(36)37)11-41-14-4-5-15(27-9-14)13-8-28-32(10-13)7-3-6-25;3-2(4,5)1(6)7/h4-5,8-10,12,17,19H,3,6-7,11,25H2,1-2H3,(H2,26,29)(H,30,34)(H,36,37)(H,38,39,40);(H,6,7)/b31-18-;/t17?,19-;/m1./s1. The molecule has 0 radical (unpaired) electrons. The van der Waals surface area contributed by atoms with Gasteiger partial charge in [0.25, 0.3) is 17.9 Å². The minimum absolute atomic E-state index is 0.0512. The van der Waals surface area contributed by atoms with Crippen LogP contribution in [0.2, 0.25) is 0 Å². The molecule has 1 saturated heterocycles. The monoisotopic (exact) mass is 781 g/mol. The van der Waals surface area contributed by atoms with Gasteiger partial charge in [0.2, 0.25) is 0 Å². The number of carboxylic acid groups (broad SMARTS) is 2. The second kappa shape index (κ2) is 16.7. The van der Waals surface area contributed by atoms with E-state index < -0.39 is 70.3 Å². The summed E-state index contributed by atoms with van der Waals surface area (Å²) >= 11 is 0.950. The number of aromatic nitrogens is 4. The normalized spacial score (nSPS) is 16.2. The van der Waals surface area contributed by atoms with E-state index in [0.717, 1.165) is 23.3 Å². The van der Waals surface area contributed by atoms with Crippen molar-refractivity contribution in [1.82, 2.24) is 30.1 Å². The molecule has 0 saturated carbocycles. The van der Waals surface area contributed by atoms with E-state index in [0.29, 0.717) is 23.8 Å². The van der Waals surface area contributed by atoms with Crippen molar-refractivity contribution >= 4 is 56.3 Å². The molecular weight excluding hydrogens is 751 g/mol. The molecule has 0 aromatic carbocycles. The van der Waals surface area contributed by atoms with Crippen LogP contribution in [0.25, 0.3) is 11.3 Å². The Morgan fingerprint density at radius 2 is 1.88 bits per heavy atom. The van der Waals surface area contributed by atoms with Crippen molar-refractivity contribution < 1.29 is 69.4 Å². The second-order valence-corrected chi connectivity index (χ2v) is 12.7. The molecule has 3 aromatic heterocycles. The Morgan fingerprint density at radius 1 is 1.21 bits per heavy atom. The molecule has 21 nitrogen and oxygen atoms in total. The number of halogens is 3. The summed E-state index contributed by atoms with van der Waals surface area (Å²) in [4.78, 5) is 59.9. The number of carbonyl (C=O) groups excluding carboxylic acids is 2. The quantitative estimate of drug-likeness (QED) is 0.0514. The number of pyridine rings is 1. The third-order valence-corrected chi connectivity index (χ3v) is 7.56. The second-order valence-electron chi connectivity index (χ2n) is 10.8. The first-order valence-corrected chi connectivity index (χ1v) is 16.5. The number of thiazole rings is 1. The third kappa shape index (κ3) is 11.0. The fraction of sp³-hybridized carbons (Fsp3) is 0.385. The molecule has 1 aliphatic rings. The molecule has 0 spiro atoms. The van der Waals surface area contributed by atoms with Gasteiger partial charge in [-0.05, 0) is 38.9 Å². The molecule has 26 heteroatoms. The van der Waals surface area contributed by atoms with Crippen LogP contribution in [0.15, 0.2) is 41.3 Å². The van der Waals surface area contributed by atoms with Crippen LogP contribution in [0, 0.1) is 0 Å². The molecule has 8 N–H and O–H groups in total. The number of carboxylic acids is 2. The van der Waals surface area contributed by atoms with E-state index >= 15 is 0 Å². The number of β-lactam (4-membered cyclic amide) rings is 1. The van der Waals surface area contributed by atoms with E-state index in [2.05, 4.69) is 29.8 Å². The molecule has 0 aliphatic carbocycles. The molecule has 2 atom stereocenters. The van der Waals surface area contributed by atoms with Crippen LogP contribution in [-0.4, -0.2) is 114 Å². The summed E-state index contributed by atoms with van der Waals surface area (Å²) < 4.78 is 74.3. The number of ether oxygens (including phenoxy) is 1. The Morgan fingerprint density at radius 3 is 2.38 bits per heavy atom. The Bertz CT molecular complexity index is 1900. The summed E-state index contributed by atoms with van der Waals surface area (Å²) in [5.41, 5.74) is 10.5. The van der Waals surface area contributed by atoms with Crippen molar-refractivity contribution in [1.29, 1.82) is 0 Å². The molecule has 1 unspecified atom stereocenters. The largest absolute Gasteiger partial charge is 0.490 e. The minimum atomic E-state index is -5.08. The van der Waals surface area contributed by atoms with Crippen molar-refractivity contribution in [3.05, 3.63) is 41.8 Å². The summed E-state index contributed by atoms with van der Waals surface area (Å²) in [5, 5.41) is 28.9. The number of nitrogens with two attached hydrogens (primary N) is 2. The molecule has 284 valence electrons. The summed E-state index contributed by atoms with van der Waals surface area (Å²) in [6, 6.07) is 1.90. The molecule has 52 heavy (non-hydrogen) atoms. The van der Waals surface area contributed by atoms with Gasteiger partial charge in [-0.3, -0.25) is 23.8 Å². The lowest BCUT2D eigenvalue weighted by Gasteiger charge is -2.50. The summed E-state index contributed by atoms with van der Waals surface area (Å²) in [5.74, 6) is -6.04. The molecule has 4 heterocycles. The fourth-order valence-electron chi connectivity index (χ4n) is 3.96. The van der Waals surface area contributed by atoms with Gasteiger partial charge in [-0.2, -0.15) is 31.8 Å². The van der Waals surface area contributed by atoms with Crippen molar-refractivity contribution in [3.8, 4) is 17.0 Å². The van der Waals surface area contributed by atoms with Crippen molar-refractivity contribution in [2.75, 3.05) is 18.9 Å². The average Bonchev–Trinajstić information content (AvgIpc) is 3.71. The number of nitrogens with zero attached hydrogens (tertiary/aromatic N) is 6. The highest BCUT2D eigenvalue weighted by Crippen LogP contribution is 2.33. The van der Waals surface area contributed by atoms with E-state index in [1.807, 2.05) is 6.20 Å². The predicted octanol–water partition coefficient (Wildman–Crippen LogP) is 0.0588. The van der Waals surface area contributed by atoms with Crippen LogP contribution in [0.4, 0.5) is 18.3 Å². The number of nitrogen functional groups attached to an aromatic ring is 1. The molecular formula is C26H30F3N9O12S2. The number of anilines is 1. The van der Waals surface area contributed by atoms with Crippen LogP contribution < -0.4 is 21.5 Å². The predicted molar refractivity (Wildman–Crippen MR) is 169 cm³/mol. The maximum Gasteiger partial charge on any atom is 0.490 e. The SMILES string of the molecule is CC1(C)[C@H](NC(=O)/C(=N\OC(COc2ccc(-c3cnn(CCCN)c3)nc2)C(=O)O)c2csc(N)n2)C(=O)N1OS(=O)(=O)O.O=C(O)C(F)(F)F. The van der Waals surface area contributed by atoms with Gasteiger partial charge in [0.05, 0.1) is 23.6 Å². The molecule has 0 bridgehead atoms. The van der Waals surface area contributed by atoms with Gasteiger partial charge >= 0.3 is 28.5 Å². The Balaban J connectivity index is 0.000000944. The van der Waals surface area contributed by atoms with Crippen molar-refractivity contribution in [2.45, 2.75) is 50.7 Å². The number of hydroxylamine groups is 2. The van der Waals surface area contributed by atoms with E-state index in [-0.39, 0.29) is 16.6 Å². The first-order valence-electron chi connectivity index (χ1n) is 14.3. The van der Waals surface area contributed by atoms with Crippen LogP contribution in [0.3, 0.4) is 0 Å². The van der Waals surface area contributed by atoms with Gasteiger partial charge in [0, 0.05) is 23.7 Å². The minimum Gasteiger partial charge on any atom is -0.487 e. The van der Waals surface area contributed by atoms with Crippen LogP contribution in [0.1, 0.15) is 26.0 Å². The zero-order chi connectivity index (χ0) is 39.0. The number of hydrogen-bond acceptors (Lipinski definition) is 16. The number of oxime groups is 1. The van der Waals surface area contributed by atoms with Gasteiger partial charge in [-0.15, -0.1) is 15.6 Å². The zero-order valence-electron chi connectivity index (χ0n) is 26.8. The lowest BCUT2D eigenvalue weighted by molar-refractivity contribution is -0.218. The maximum absolute atomic E-state index is 13.2. The Kier molecular flexibility index (Phi) is 13.2.